The maximum absolute atomic E-state index is 13.0. The third kappa shape index (κ3) is 3.01. The van der Waals surface area contributed by atoms with Crippen molar-refractivity contribution in [1.82, 2.24) is 14.7 Å². The van der Waals surface area contributed by atoms with Gasteiger partial charge in [-0.25, -0.2) is 0 Å². The molecule has 23 heavy (non-hydrogen) atoms. The normalized spacial score (nSPS) is 21.5. The molecule has 0 radical (unpaired) electrons. The van der Waals surface area contributed by atoms with Gasteiger partial charge in [0.1, 0.15) is 6.10 Å². The highest BCUT2D eigenvalue weighted by molar-refractivity contribution is 5.96. The van der Waals surface area contributed by atoms with Crippen molar-refractivity contribution in [2.24, 2.45) is 7.05 Å². The van der Waals surface area contributed by atoms with Crippen LogP contribution in [0.15, 0.2) is 30.3 Å². The first-order chi connectivity index (χ1) is 11.0. The lowest BCUT2D eigenvalue weighted by molar-refractivity contribution is -0.0692. The van der Waals surface area contributed by atoms with Gasteiger partial charge in [0.15, 0.2) is 0 Å². The molecule has 1 aliphatic heterocycles. The van der Waals surface area contributed by atoms with Crippen LogP contribution in [0.25, 0.3) is 0 Å². The maximum atomic E-state index is 13.0. The third-order valence-corrected chi connectivity index (χ3v) is 4.44. The number of ether oxygens (including phenoxy) is 1. The number of rotatable bonds is 2. The summed E-state index contributed by atoms with van der Waals surface area (Å²) in [5.74, 6) is 0.0455. The molecule has 122 valence electrons. The topological polar surface area (TPSA) is 47.4 Å². The van der Waals surface area contributed by atoms with E-state index in [0.29, 0.717) is 18.7 Å². The zero-order chi connectivity index (χ0) is 16.6. The molecule has 1 fully saturated rings. The van der Waals surface area contributed by atoms with Crippen LogP contribution in [-0.2, 0) is 11.8 Å². The Labute approximate surface area is 136 Å². The van der Waals surface area contributed by atoms with Crippen molar-refractivity contribution >= 4 is 5.91 Å². The lowest BCUT2D eigenvalue weighted by atomic mass is 10.1. The summed E-state index contributed by atoms with van der Waals surface area (Å²) < 4.78 is 7.80. The van der Waals surface area contributed by atoms with Crippen LogP contribution in [-0.4, -0.2) is 39.8 Å². The minimum atomic E-state index is -0.0822. The van der Waals surface area contributed by atoms with Crippen molar-refractivity contribution in [2.45, 2.75) is 33.0 Å². The van der Waals surface area contributed by atoms with Crippen molar-refractivity contribution in [3.8, 4) is 0 Å². The highest BCUT2D eigenvalue weighted by Gasteiger charge is 2.32. The van der Waals surface area contributed by atoms with Crippen LogP contribution in [0.3, 0.4) is 0 Å². The molecule has 0 unspecified atom stereocenters. The molecule has 1 aromatic carbocycles. The number of carbonyl (C=O) groups excluding carboxylic acids is 1. The van der Waals surface area contributed by atoms with E-state index in [1.54, 1.807) is 4.68 Å². The number of hydrogen-bond donors (Lipinski definition) is 0. The van der Waals surface area contributed by atoms with Crippen LogP contribution in [0.5, 0.6) is 0 Å². The Kier molecular flexibility index (Phi) is 4.22. The number of hydrogen-bond acceptors (Lipinski definition) is 3. The fraction of sp³-hybridized carbons (Fsp3) is 0.444. The molecular formula is C18H23N3O2. The Bertz CT molecular complexity index is 709. The van der Waals surface area contributed by atoms with Gasteiger partial charge < -0.3 is 9.64 Å². The van der Waals surface area contributed by atoms with Crippen LogP contribution in [0.2, 0.25) is 0 Å². The third-order valence-electron chi connectivity index (χ3n) is 4.44. The smallest absolute Gasteiger partial charge is 0.257 e. The molecule has 0 N–H and O–H groups in total. The van der Waals surface area contributed by atoms with Gasteiger partial charge in [0.05, 0.1) is 23.9 Å². The van der Waals surface area contributed by atoms with Crippen molar-refractivity contribution in [3.63, 3.8) is 0 Å². The van der Waals surface area contributed by atoms with Gasteiger partial charge in [0, 0.05) is 19.3 Å². The molecule has 5 heteroatoms. The zero-order valence-electron chi connectivity index (χ0n) is 14.1. The summed E-state index contributed by atoms with van der Waals surface area (Å²) in [6.07, 6.45) is -0.0728. The second kappa shape index (κ2) is 6.16. The Morgan fingerprint density at radius 1 is 1.22 bits per heavy atom. The van der Waals surface area contributed by atoms with Gasteiger partial charge in [-0.15, -0.1) is 0 Å². The van der Waals surface area contributed by atoms with Gasteiger partial charge in [0.2, 0.25) is 0 Å². The van der Waals surface area contributed by atoms with E-state index < -0.39 is 0 Å². The average molecular weight is 313 g/mol. The molecule has 3 rings (SSSR count). The molecule has 0 spiro atoms. The number of aryl methyl sites for hydroxylation is 2. The molecule has 0 bridgehead atoms. The molecule has 1 aromatic heterocycles. The molecule has 0 saturated carbocycles. The molecule has 0 aliphatic carbocycles. The summed E-state index contributed by atoms with van der Waals surface area (Å²) in [7, 11) is 1.87. The van der Waals surface area contributed by atoms with Crippen LogP contribution in [0.4, 0.5) is 0 Å². The number of benzene rings is 1. The molecular weight excluding hydrogens is 290 g/mol. The predicted molar refractivity (Wildman–Crippen MR) is 88.3 cm³/mol. The van der Waals surface area contributed by atoms with Crippen LogP contribution in [0, 0.1) is 13.8 Å². The quantitative estimate of drug-likeness (QED) is 0.856. The number of aromatic nitrogens is 2. The molecule has 1 saturated heterocycles. The van der Waals surface area contributed by atoms with Crippen LogP contribution in [0.1, 0.15) is 40.3 Å². The first-order valence-electron chi connectivity index (χ1n) is 7.97. The van der Waals surface area contributed by atoms with Gasteiger partial charge in [-0.2, -0.15) is 5.10 Å². The number of carbonyl (C=O) groups is 1. The van der Waals surface area contributed by atoms with Crippen LogP contribution < -0.4 is 0 Å². The van der Waals surface area contributed by atoms with Gasteiger partial charge in [-0.3, -0.25) is 9.48 Å². The van der Waals surface area contributed by atoms with Crippen LogP contribution >= 0.6 is 0 Å². The molecule has 2 atom stereocenters. The lowest BCUT2D eigenvalue weighted by Gasteiger charge is -2.37. The van der Waals surface area contributed by atoms with Gasteiger partial charge in [-0.05, 0) is 26.3 Å². The van der Waals surface area contributed by atoms with E-state index in [2.05, 4.69) is 5.10 Å². The summed E-state index contributed by atoms with van der Waals surface area (Å²) >= 11 is 0. The van der Waals surface area contributed by atoms with Crippen molar-refractivity contribution in [3.05, 3.63) is 52.8 Å². The summed E-state index contributed by atoms with van der Waals surface area (Å²) in [6.45, 7) is 7.01. The largest absolute Gasteiger partial charge is 0.367 e. The standard InChI is InChI=1S/C18H23N3O2/c1-12-10-21(11-16(23-12)15-8-6-5-7-9-15)18(22)17-13(2)19-20(4)14(17)3/h5-9,12,16H,10-11H2,1-4H3/t12-,16+/m1/s1. The van der Waals surface area contributed by atoms with E-state index in [1.165, 1.54) is 0 Å². The first kappa shape index (κ1) is 15.7. The Hall–Kier alpha value is -2.14. The highest BCUT2D eigenvalue weighted by Crippen LogP contribution is 2.27. The summed E-state index contributed by atoms with van der Waals surface area (Å²) in [6, 6.07) is 10.1. The fourth-order valence-electron chi connectivity index (χ4n) is 3.21. The Morgan fingerprint density at radius 2 is 1.91 bits per heavy atom. The maximum Gasteiger partial charge on any atom is 0.257 e. The molecule has 1 aliphatic rings. The van der Waals surface area contributed by atoms with E-state index in [1.807, 2.05) is 63.1 Å². The van der Waals surface area contributed by atoms with E-state index >= 15 is 0 Å². The lowest BCUT2D eigenvalue weighted by Crippen LogP contribution is -2.46. The van der Waals surface area contributed by atoms with E-state index in [-0.39, 0.29) is 18.1 Å². The van der Waals surface area contributed by atoms with Gasteiger partial charge >= 0.3 is 0 Å². The Balaban J connectivity index is 1.86. The summed E-state index contributed by atoms with van der Waals surface area (Å²) in [5, 5.41) is 4.36. The van der Waals surface area contributed by atoms with Gasteiger partial charge in [-0.1, -0.05) is 30.3 Å². The average Bonchev–Trinajstić information content (AvgIpc) is 2.79. The minimum Gasteiger partial charge on any atom is -0.367 e. The monoisotopic (exact) mass is 313 g/mol. The second-order valence-corrected chi connectivity index (χ2v) is 6.23. The SMILES string of the molecule is Cc1nn(C)c(C)c1C(=O)N1C[C@@H](C)O[C@H](c2ccccc2)C1. The van der Waals surface area contributed by atoms with Crippen molar-refractivity contribution < 1.29 is 9.53 Å². The second-order valence-electron chi connectivity index (χ2n) is 6.23. The van der Waals surface area contributed by atoms with Gasteiger partial charge in [0.25, 0.3) is 5.91 Å². The molecule has 2 heterocycles. The summed E-state index contributed by atoms with van der Waals surface area (Å²) in [4.78, 5) is 14.9. The zero-order valence-corrected chi connectivity index (χ0v) is 14.1. The highest BCUT2D eigenvalue weighted by atomic mass is 16.5. The van der Waals surface area contributed by atoms with E-state index in [0.717, 1.165) is 17.0 Å². The Morgan fingerprint density at radius 3 is 2.52 bits per heavy atom. The number of nitrogens with zero attached hydrogens (tertiary/aromatic N) is 3. The predicted octanol–water partition coefficient (Wildman–Crippen LogP) is 2.64. The summed E-state index contributed by atoms with van der Waals surface area (Å²) in [5.41, 5.74) is 3.51. The van der Waals surface area contributed by atoms with E-state index in [4.69, 9.17) is 4.74 Å². The number of morpholine rings is 1. The molecule has 2 aromatic rings. The first-order valence-corrected chi connectivity index (χ1v) is 7.97. The van der Waals surface area contributed by atoms with E-state index in [9.17, 15) is 4.79 Å². The van der Waals surface area contributed by atoms with Crippen molar-refractivity contribution in [1.29, 1.82) is 0 Å². The number of amides is 1. The minimum absolute atomic E-state index is 0.00943. The molecule has 5 nitrogen and oxygen atoms in total. The fourth-order valence-corrected chi connectivity index (χ4v) is 3.21. The molecule has 1 amide bonds. The van der Waals surface area contributed by atoms with Crippen molar-refractivity contribution in [2.75, 3.05) is 13.1 Å².